The Bertz CT molecular complexity index is 784. The van der Waals surface area contributed by atoms with Crippen LogP contribution in [0.5, 0.6) is 0 Å². The van der Waals surface area contributed by atoms with Gasteiger partial charge in [0.05, 0.1) is 0 Å². The third kappa shape index (κ3) is 3.42. The van der Waals surface area contributed by atoms with E-state index >= 15 is 0 Å². The zero-order valence-electron chi connectivity index (χ0n) is 16.5. The fraction of sp³-hybridized carbons (Fsp3) is 0.542. The third-order valence-electron chi connectivity index (χ3n) is 7.31. The number of rotatable bonds is 3. The second-order valence-corrected chi connectivity index (χ2v) is 9.57. The number of hydrogen-bond donors (Lipinski definition) is 0. The summed E-state index contributed by atoms with van der Waals surface area (Å²) in [6.07, 6.45) is 8.05. The van der Waals surface area contributed by atoms with Crippen molar-refractivity contribution in [3.63, 3.8) is 0 Å². The number of likely N-dealkylation sites (tertiary alicyclic amines) is 2. The lowest BCUT2D eigenvalue weighted by Gasteiger charge is -2.43. The molecule has 1 aromatic carbocycles. The van der Waals surface area contributed by atoms with Crippen LogP contribution in [0.2, 0.25) is 0 Å². The Labute approximate surface area is 172 Å². The van der Waals surface area contributed by atoms with E-state index in [0.29, 0.717) is 17.9 Å². The van der Waals surface area contributed by atoms with Crippen LogP contribution in [-0.4, -0.2) is 47.4 Å². The van der Waals surface area contributed by atoms with Gasteiger partial charge in [0.25, 0.3) is 5.91 Å². The first-order chi connectivity index (χ1) is 13.8. The average molecular weight is 395 g/mol. The second kappa shape index (κ2) is 8.00. The summed E-state index contributed by atoms with van der Waals surface area (Å²) in [5.41, 5.74) is 2.27. The lowest BCUT2D eigenvalue weighted by Crippen LogP contribution is -2.51. The van der Waals surface area contributed by atoms with Gasteiger partial charge < -0.3 is 4.90 Å². The van der Waals surface area contributed by atoms with E-state index in [9.17, 15) is 4.79 Å². The molecule has 2 aromatic rings. The molecule has 28 heavy (non-hydrogen) atoms. The molecule has 5 rings (SSSR count). The number of fused-ring (bicyclic) bond motifs is 1. The van der Waals surface area contributed by atoms with Crippen molar-refractivity contribution in [3.05, 3.63) is 58.3 Å². The quantitative estimate of drug-likeness (QED) is 0.730. The molecule has 3 heterocycles. The largest absolute Gasteiger partial charge is 0.335 e. The molecular weight excluding hydrogens is 364 g/mol. The van der Waals surface area contributed by atoms with Crippen molar-refractivity contribution < 1.29 is 4.79 Å². The van der Waals surface area contributed by atoms with Crippen LogP contribution >= 0.6 is 11.3 Å². The maximum Gasteiger partial charge on any atom is 0.254 e. The summed E-state index contributed by atoms with van der Waals surface area (Å²) in [5.74, 6) is 1.27. The van der Waals surface area contributed by atoms with E-state index in [2.05, 4.69) is 26.6 Å². The zero-order chi connectivity index (χ0) is 18.9. The molecule has 2 aliphatic heterocycles. The van der Waals surface area contributed by atoms with Gasteiger partial charge in [0.15, 0.2) is 0 Å². The van der Waals surface area contributed by atoms with E-state index < -0.39 is 0 Å². The van der Waals surface area contributed by atoms with Crippen molar-refractivity contribution in [1.29, 1.82) is 0 Å². The van der Waals surface area contributed by atoms with Gasteiger partial charge >= 0.3 is 0 Å². The van der Waals surface area contributed by atoms with Crippen molar-refractivity contribution >= 4 is 17.2 Å². The fourth-order valence-corrected chi connectivity index (χ4v) is 6.58. The van der Waals surface area contributed by atoms with E-state index in [4.69, 9.17) is 0 Å². The summed E-state index contributed by atoms with van der Waals surface area (Å²) in [6.45, 7) is 3.19. The zero-order valence-corrected chi connectivity index (χ0v) is 17.3. The number of carbonyl (C=O) groups is 1. The second-order valence-electron chi connectivity index (χ2n) is 8.79. The first-order valence-corrected chi connectivity index (χ1v) is 11.9. The van der Waals surface area contributed by atoms with Gasteiger partial charge in [-0.1, -0.05) is 37.5 Å². The number of nitrogens with zero attached hydrogens (tertiary/aromatic N) is 2. The molecule has 1 amide bonds. The minimum atomic E-state index is 0.222. The van der Waals surface area contributed by atoms with Crippen LogP contribution in [-0.2, 0) is 0 Å². The van der Waals surface area contributed by atoms with Crippen LogP contribution in [0.25, 0.3) is 0 Å². The summed E-state index contributed by atoms with van der Waals surface area (Å²) >= 11 is 1.78. The molecule has 0 bridgehead atoms. The molecule has 1 saturated carbocycles. The van der Waals surface area contributed by atoms with Crippen LogP contribution in [0.15, 0.2) is 47.2 Å². The van der Waals surface area contributed by atoms with Gasteiger partial charge in [-0.05, 0) is 53.8 Å². The molecule has 2 saturated heterocycles. The summed E-state index contributed by atoms with van der Waals surface area (Å²) in [6, 6.07) is 13.3. The summed E-state index contributed by atoms with van der Waals surface area (Å²) < 4.78 is 0. The highest BCUT2D eigenvalue weighted by Crippen LogP contribution is 2.43. The molecule has 1 aliphatic carbocycles. The highest BCUT2D eigenvalue weighted by molar-refractivity contribution is 7.08. The number of hydrogen-bond acceptors (Lipinski definition) is 3. The Morgan fingerprint density at radius 3 is 2.54 bits per heavy atom. The molecule has 148 valence electrons. The fourth-order valence-electron chi connectivity index (χ4n) is 5.86. The molecular formula is C24H30N2OS. The molecule has 3 atom stereocenters. The Morgan fingerprint density at radius 1 is 0.964 bits per heavy atom. The number of piperidine rings is 1. The minimum absolute atomic E-state index is 0.222. The van der Waals surface area contributed by atoms with Gasteiger partial charge in [-0.25, -0.2) is 0 Å². The molecule has 0 unspecified atom stereocenters. The van der Waals surface area contributed by atoms with Crippen molar-refractivity contribution in [2.75, 3.05) is 19.6 Å². The maximum absolute atomic E-state index is 13.3. The van der Waals surface area contributed by atoms with E-state index in [1.54, 1.807) is 11.3 Å². The first kappa shape index (κ1) is 18.4. The van der Waals surface area contributed by atoms with Crippen LogP contribution < -0.4 is 0 Å². The van der Waals surface area contributed by atoms with Gasteiger partial charge in [0.2, 0.25) is 0 Å². The van der Waals surface area contributed by atoms with E-state index in [-0.39, 0.29) is 5.91 Å². The lowest BCUT2D eigenvalue weighted by molar-refractivity contribution is 0.0495. The first-order valence-electron chi connectivity index (χ1n) is 10.9. The van der Waals surface area contributed by atoms with Gasteiger partial charge in [-0.3, -0.25) is 9.69 Å². The van der Waals surface area contributed by atoms with E-state index in [1.807, 2.05) is 30.3 Å². The van der Waals surface area contributed by atoms with Crippen molar-refractivity contribution in [2.24, 2.45) is 5.92 Å². The smallest absolute Gasteiger partial charge is 0.254 e. The van der Waals surface area contributed by atoms with Gasteiger partial charge in [-0.2, -0.15) is 11.3 Å². The number of thiophene rings is 1. The predicted molar refractivity (Wildman–Crippen MR) is 115 cm³/mol. The van der Waals surface area contributed by atoms with Crippen LogP contribution in [0.3, 0.4) is 0 Å². The third-order valence-corrected chi connectivity index (χ3v) is 8.01. The molecule has 0 radical (unpaired) electrons. The number of amides is 1. The lowest BCUT2D eigenvalue weighted by atomic mass is 9.81. The molecule has 4 heteroatoms. The van der Waals surface area contributed by atoms with Crippen molar-refractivity contribution in [3.8, 4) is 0 Å². The molecule has 3 nitrogen and oxygen atoms in total. The average Bonchev–Trinajstić information content (AvgIpc) is 3.42. The summed E-state index contributed by atoms with van der Waals surface area (Å²) in [5, 5.41) is 4.49. The molecule has 3 aliphatic rings. The molecule has 1 aromatic heterocycles. The SMILES string of the molecule is O=C(c1ccccc1)N1C[C@@H](c2ccsc2)[C@@H]2CN(C3CCCCC3)CC[C@@H]21. The van der Waals surface area contributed by atoms with Gasteiger partial charge in [0, 0.05) is 49.1 Å². The van der Waals surface area contributed by atoms with E-state index in [0.717, 1.165) is 37.7 Å². The molecule has 0 N–H and O–H groups in total. The Hall–Kier alpha value is -1.65. The Morgan fingerprint density at radius 2 is 1.79 bits per heavy atom. The van der Waals surface area contributed by atoms with Crippen molar-refractivity contribution in [1.82, 2.24) is 9.80 Å². The molecule has 3 fully saturated rings. The van der Waals surface area contributed by atoms with Gasteiger partial charge in [-0.15, -0.1) is 0 Å². The maximum atomic E-state index is 13.3. The van der Waals surface area contributed by atoms with Crippen molar-refractivity contribution in [2.45, 2.75) is 56.5 Å². The summed E-state index contributed by atoms with van der Waals surface area (Å²) in [4.78, 5) is 18.3. The number of carbonyl (C=O) groups excluding carboxylic acids is 1. The van der Waals surface area contributed by atoms with Crippen LogP contribution in [0.1, 0.15) is 60.4 Å². The normalized spacial score (nSPS) is 29.0. The van der Waals surface area contributed by atoms with Gasteiger partial charge in [0.1, 0.15) is 0 Å². The van der Waals surface area contributed by atoms with Crippen LogP contribution in [0, 0.1) is 5.92 Å². The predicted octanol–water partition coefficient (Wildman–Crippen LogP) is 5.01. The monoisotopic (exact) mass is 394 g/mol. The van der Waals surface area contributed by atoms with E-state index in [1.165, 1.54) is 37.7 Å². The highest BCUT2D eigenvalue weighted by Gasteiger charge is 2.47. The van der Waals surface area contributed by atoms with Crippen LogP contribution in [0.4, 0.5) is 0 Å². The Kier molecular flexibility index (Phi) is 5.25. The molecule has 0 spiro atoms. The summed E-state index contributed by atoms with van der Waals surface area (Å²) in [7, 11) is 0. The minimum Gasteiger partial charge on any atom is -0.335 e. The standard InChI is InChI=1S/C24H30N2OS/c27-24(18-7-3-1-4-8-18)26-16-21(19-12-14-28-17-19)22-15-25(13-11-23(22)26)20-9-5-2-6-10-20/h1,3-4,7-8,12,14,17,20-23H,2,5-6,9-11,13,15-16H2/t21-,22-,23-/m0/s1. The Balaban J connectivity index is 1.40. The topological polar surface area (TPSA) is 23.6 Å². The highest BCUT2D eigenvalue weighted by atomic mass is 32.1. The number of benzene rings is 1.